The quantitative estimate of drug-likeness (QED) is 0.481. The minimum absolute atomic E-state index is 0.109. The second kappa shape index (κ2) is 8.00. The van der Waals surface area contributed by atoms with Gasteiger partial charge in [-0.15, -0.1) is 0 Å². The molecule has 0 aliphatic heterocycles. The molecule has 0 aliphatic carbocycles. The molecular formula is C16H26O4. The van der Waals surface area contributed by atoms with Gasteiger partial charge in [-0.1, -0.05) is 20.1 Å². The van der Waals surface area contributed by atoms with Crippen LogP contribution in [0.4, 0.5) is 0 Å². The predicted octanol–water partition coefficient (Wildman–Crippen LogP) is 3.21. The van der Waals surface area contributed by atoms with E-state index in [2.05, 4.69) is 13.2 Å². The summed E-state index contributed by atoms with van der Waals surface area (Å²) in [5.74, 6) is -0.512. The van der Waals surface area contributed by atoms with Crippen LogP contribution in [-0.2, 0) is 19.1 Å². The third-order valence-corrected chi connectivity index (χ3v) is 3.22. The molecule has 4 heteroatoms. The fourth-order valence-electron chi connectivity index (χ4n) is 1.49. The van der Waals surface area contributed by atoms with Gasteiger partial charge < -0.3 is 9.47 Å². The summed E-state index contributed by atoms with van der Waals surface area (Å²) >= 11 is 0. The summed E-state index contributed by atoms with van der Waals surface area (Å²) in [7, 11) is 0. The molecule has 4 nitrogen and oxygen atoms in total. The van der Waals surface area contributed by atoms with E-state index in [4.69, 9.17) is 9.47 Å². The Bertz CT molecular complexity index is 397. The second-order valence-electron chi connectivity index (χ2n) is 5.38. The highest BCUT2D eigenvalue weighted by Crippen LogP contribution is 2.21. The van der Waals surface area contributed by atoms with Gasteiger partial charge in [-0.25, -0.2) is 4.79 Å². The van der Waals surface area contributed by atoms with Crippen LogP contribution >= 0.6 is 0 Å². The van der Waals surface area contributed by atoms with Crippen LogP contribution in [0.25, 0.3) is 0 Å². The Balaban J connectivity index is 4.38. The maximum Gasteiger partial charge on any atom is 0.333 e. The number of ketones is 1. The molecule has 0 saturated heterocycles. The summed E-state index contributed by atoms with van der Waals surface area (Å²) < 4.78 is 10.9. The van der Waals surface area contributed by atoms with Gasteiger partial charge in [0.1, 0.15) is 11.7 Å². The van der Waals surface area contributed by atoms with Gasteiger partial charge in [0.05, 0.1) is 6.61 Å². The van der Waals surface area contributed by atoms with Crippen LogP contribution in [0.1, 0.15) is 47.5 Å². The number of carbonyl (C=O) groups excluding carboxylic acids is 2. The van der Waals surface area contributed by atoms with Gasteiger partial charge >= 0.3 is 5.97 Å². The van der Waals surface area contributed by atoms with Crippen LogP contribution in [0.2, 0.25) is 0 Å². The molecule has 0 aromatic heterocycles. The molecule has 0 aliphatic rings. The van der Waals surface area contributed by atoms with Crippen molar-refractivity contribution in [3.05, 3.63) is 24.3 Å². The van der Waals surface area contributed by atoms with Crippen molar-refractivity contribution in [2.45, 2.75) is 59.2 Å². The van der Waals surface area contributed by atoms with Crippen molar-refractivity contribution in [1.82, 2.24) is 0 Å². The van der Waals surface area contributed by atoms with Crippen molar-refractivity contribution in [3.8, 4) is 0 Å². The third-order valence-electron chi connectivity index (χ3n) is 3.22. The van der Waals surface area contributed by atoms with Gasteiger partial charge in [-0.2, -0.15) is 0 Å². The fraction of sp³-hybridized carbons (Fsp3) is 0.625. The Labute approximate surface area is 121 Å². The number of rotatable bonds is 9. The molecule has 0 heterocycles. The second-order valence-corrected chi connectivity index (χ2v) is 5.38. The molecule has 2 atom stereocenters. The Kier molecular flexibility index (Phi) is 7.43. The first-order chi connectivity index (χ1) is 9.13. The predicted molar refractivity (Wildman–Crippen MR) is 79.5 cm³/mol. The molecule has 0 aromatic rings. The maximum absolute atomic E-state index is 11.6. The number of carbonyl (C=O) groups is 2. The van der Waals surface area contributed by atoms with E-state index in [0.29, 0.717) is 30.6 Å². The zero-order valence-electron chi connectivity index (χ0n) is 13.2. The monoisotopic (exact) mass is 282 g/mol. The van der Waals surface area contributed by atoms with Crippen LogP contribution in [-0.4, -0.2) is 30.1 Å². The molecule has 114 valence electrons. The molecule has 0 amide bonds. The van der Waals surface area contributed by atoms with E-state index in [-0.39, 0.29) is 5.78 Å². The molecule has 0 radical (unpaired) electrons. The Morgan fingerprint density at radius 2 is 1.75 bits per heavy atom. The summed E-state index contributed by atoms with van der Waals surface area (Å²) in [5, 5.41) is 0. The number of esters is 1. The molecule has 20 heavy (non-hydrogen) atoms. The fourth-order valence-corrected chi connectivity index (χ4v) is 1.49. The lowest BCUT2D eigenvalue weighted by Crippen LogP contribution is -2.34. The molecule has 0 N–H and O–H groups in total. The van der Waals surface area contributed by atoms with Gasteiger partial charge in [0.2, 0.25) is 0 Å². The lowest BCUT2D eigenvalue weighted by molar-refractivity contribution is -0.156. The van der Waals surface area contributed by atoms with E-state index < -0.39 is 17.7 Å². The van der Waals surface area contributed by atoms with E-state index in [9.17, 15) is 9.59 Å². The van der Waals surface area contributed by atoms with Crippen LogP contribution in [0.5, 0.6) is 0 Å². The zero-order chi connectivity index (χ0) is 15.9. The first-order valence-corrected chi connectivity index (χ1v) is 6.83. The highest BCUT2D eigenvalue weighted by atomic mass is 16.6. The van der Waals surface area contributed by atoms with Crippen molar-refractivity contribution >= 4 is 11.8 Å². The molecule has 0 rings (SSSR count). The zero-order valence-corrected chi connectivity index (χ0v) is 13.2. The smallest absolute Gasteiger partial charge is 0.333 e. The molecular weight excluding hydrogens is 256 g/mol. The summed E-state index contributed by atoms with van der Waals surface area (Å²) in [4.78, 5) is 23.2. The highest BCUT2D eigenvalue weighted by molar-refractivity contribution is 5.97. The minimum Gasteiger partial charge on any atom is -0.456 e. The van der Waals surface area contributed by atoms with E-state index >= 15 is 0 Å². The number of ether oxygens (including phenoxy) is 2. The Morgan fingerprint density at radius 3 is 2.15 bits per heavy atom. The largest absolute Gasteiger partial charge is 0.456 e. The van der Waals surface area contributed by atoms with Crippen molar-refractivity contribution in [3.63, 3.8) is 0 Å². The molecule has 0 aromatic carbocycles. The highest BCUT2D eigenvalue weighted by Gasteiger charge is 2.27. The standard InChI is InChI=1S/C16H26O4/c1-8-16(7,20-15(18)12(4)5)9-10-19-13(6)14(17)11(2)3/h13H,2,4,8-10H2,1,3,5-7H3. The van der Waals surface area contributed by atoms with Crippen LogP contribution in [0.15, 0.2) is 24.3 Å². The normalized spacial score (nSPS) is 15.1. The number of Topliss-reactive ketones (excluding diaryl/α,β-unsaturated/α-hetero) is 1. The maximum atomic E-state index is 11.6. The lowest BCUT2D eigenvalue weighted by atomic mass is 9.99. The molecule has 0 saturated carbocycles. The van der Waals surface area contributed by atoms with Crippen molar-refractivity contribution < 1.29 is 19.1 Å². The van der Waals surface area contributed by atoms with E-state index in [0.717, 1.165) is 0 Å². The van der Waals surface area contributed by atoms with Gasteiger partial charge in [0, 0.05) is 12.0 Å². The molecule has 0 fully saturated rings. The summed E-state index contributed by atoms with van der Waals surface area (Å²) in [5.41, 5.74) is 0.239. The summed E-state index contributed by atoms with van der Waals surface area (Å²) in [6.07, 6.45) is 0.666. The average Bonchev–Trinajstić information content (AvgIpc) is 2.37. The van der Waals surface area contributed by atoms with E-state index in [1.807, 2.05) is 13.8 Å². The average molecular weight is 282 g/mol. The van der Waals surface area contributed by atoms with E-state index in [1.165, 1.54) is 0 Å². The Morgan fingerprint density at radius 1 is 1.20 bits per heavy atom. The van der Waals surface area contributed by atoms with Crippen LogP contribution in [0, 0.1) is 0 Å². The third kappa shape index (κ3) is 6.15. The van der Waals surface area contributed by atoms with E-state index in [1.54, 1.807) is 20.8 Å². The molecule has 2 unspecified atom stereocenters. The van der Waals surface area contributed by atoms with Crippen LogP contribution in [0.3, 0.4) is 0 Å². The topological polar surface area (TPSA) is 52.6 Å². The summed E-state index contributed by atoms with van der Waals surface area (Å²) in [6.45, 7) is 16.3. The SMILES string of the molecule is C=C(C)C(=O)OC(C)(CC)CCOC(C)C(=O)C(=C)C. The van der Waals surface area contributed by atoms with Gasteiger partial charge in [-0.3, -0.25) is 4.79 Å². The first-order valence-electron chi connectivity index (χ1n) is 6.83. The van der Waals surface area contributed by atoms with Gasteiger partial charge in [0.15, 0.2) is 5.78 Å². The summed E-state index contributed by atoms with van der Waals surface area (Å²) in [6, 6.07) is 0. The van der Waals surface area contributed by atoms with Crippen LogP contribution < -0.4 is 0 Å². The van der Waals surface area contributed by atoms with Gasteiger partial charge in [-0.05, 0) is 39.7 Å². The molecule has 0 bridgehead atoms. The number of hydrogen-bond acceptors (Lipinski definition) is 4. The number of hydrogen-bond donors (Lipinski definition) is 0. The Hall–Kier alpha value is -1.42. The van der Waals surface area contributed by atoms with Crippen molar-refractivity contribution in [2.75, 3.05) is 6.61 Å². The van der Waals surface area contributed by atoms with Crippen molar-refractivity contribution in [2.24, 2.45) is 0 Å². The first kappa shape index (κ1) is 18.6. The van der Waals surface area contributed by atoms with Crippen molar-refractivity contribution in [1.29, 1.82) is 0 Å². The minimum atomic E-state index is -0.609. The molecule has 0 spiro atoms. The van der Waals surface area contributed by atoms with Gasteiger partial charge in [0.25, 0.3) is 0 Å². The lowest BCUT2D eigenvalue weighted by Gasteiger charge is -2.29.